The summed E-state index contributed by atoms with van der Waals surface area (Å²) in [6.07, 6.45) is -0.217. The summed E-state index contributed by atoms with van der Waals surface area (Å²) >= 11 is 0. The van der Waals surface area contributed by atoms with E-state index in [4.69, 9.17) is 10.00 Å². The molecule has 0 aromatic heterocycles. The van der Waals surface area contributed by atoms with E-state index in [-0.39, 0.29) is 42.8 Å². The van der Waals surface area contributed by atoms with Crippen molar-refractivity contribution in [3.63, 3.8) is 0 Å². The quantitative estimate of drug-likeness (QED) is 0.461. The van der Waals surface area contributed by atoms with Crippen LogP contribution in [0.4, 0.5) is 9.18 Å². The van der Waals surface area contributed by atoms with E-state index in [9.17, 15) is 9.18 Å². The molecule has 2 rings (SSSR count). The molecule has 0 spiro atoms. The number of piperazine rings is 1. The van der Waals surface area contributed by atoms with E-state index in [1.165, 1.54) is 18.2 Å². The molecule has 5 nitrogen and oxygen atoms in total. The molecule has 0 aliphatic carbocycles. The second kappa shape index (κ2) is 10.7. The number of nitrogens with zero attached hydrogens (tertiary/aromatic N) is 3. The zero-order valence-corrected chi connectivity index (χ0v) is 18.5. The van der Waals surface area contributed by atoms with E-state index in [1.54, 1.807) is 11.0 Å². The van der Waals surface area contributed by atoms with Crippen molar-refractivity contribution in [2.45, 2.75) is 26.4 Å². The number of halogens is 1. The Morgan fingerprint density at radius 1 is 1.38 bits per heavy atom. The van der Waals surface area contributed by atoms with Crippen molar-refractivity contribution < 1.29 is 45.0 Å². The fourth-order valence-electron chi connectivity index (χ4n) is 1.76. The van der Waals surface area contributed by atoms with Gasteiger partial charge in [-0.3, -0.25) is 16.7 Å². The molecular formula is C17H22FN3O2U. The molecule has 1 aromatic rings. The Morgan fingerprint density at radius 3 is 2.38 bits per heavy atom. The maximum atomic E-state index is 12.3. The van der Waals surface area contributed by atoms with E-state index in [1.807, 2.05) is 25.7 Å². The van der Waals surface area contributed by atoms with Gasteiger partial charge < -0.3 is 14.5 Å². The first-order valence-electron chi connectivity index (χ1n) is 7.32. The largest absolute Gasteiger partial charge is 2.00 e. The second-order valence-electron chi connectivity index (χ2n) is 6.09. The fraction of sp³-hybridized carbons (Fsp3) is 0.471. The standard InChI is InChI=1S/C10H19N2O2.C7H3FN.U/c1-10(2,3)14-9(13)12-7-5-11(4)6-8-12;8-7-4-2-1-3-6(7)5-9;/h4-8H2,1-3H3;1-2,4H;/q2*-1;+2. The second-order valence-corrected chi connectivity index (χ2v) is 6.09. The van der Waals surface area contributed by atoms with Gasteiger partial charge in [-0.25, -0.2) is 4.79 Å². The van der Waals surface area contributed by atoms with Crippen LogP contribution in [0.2, 0.25) is 0 Å². The van der Waals surface area contributed by atoms with Crippen molar-refractivity contribution in [2.75, 3.05) is 26.2 Å². The van der Waals surface area contributed by atoms with Crippen LogP contribution in [0.3, 0.4) is 0 Å². The molecule has 1 saturated heterocycles. The van der Waals surface area contributed by atoms with Gasteiger partial charge in [0.15, 0.2) is 0 Å². The number of ether oxygens (including phenoxy) is 1. The van der Waals surface area contributed by atoms with Crippen LogP contribution >= 0.6 is 0 Å². The van der Waals surface area contributed by atoms with Crippen LogP contribution in [0.25, 0.3) is 0 Å². The summed E-state index contributed by atoms with van der Waals surface area (Å²) in [4.78, 5) is 15.3. The number of nitriles is 1. The minimum atomic E-state index is -0.514. The normalized spacial score (nSPS) is 14.6. The Morgan fingerprint density at radius 2 is 1.96 bits per heavy atom. The summed E-state index contributed by atoms with van der Waals surface area (Å²) < 4.78 is 17.6. The zero-order valence-electron chi connectivity index (χ0n) is 14.3. The van der Waals surface area contributed by atoms with Gasteiger partial charge in [-0.1, -0.05) is 0 Å². The maximum absolute atomic E-state index is 12.3. The molecule has 0 saturated carbocycles. The number of carbonyl (C=O) groups excluding carboxylic acids is 1. The van der Waals surface area contributed by atoms with Gasteiger partial charge in [0, 0.05) is 18.9 Å². The Hall–Kier alpha value is -1.08. The molecule has 0 unspecified atom stereocenters. The minimum Gasteiger partial charge on any atom is -0.456 e. The van der Waals surface area contributed by atoms with Crippen LogP contribution < -0.4 is 0 Å². The first kappa shape index (κ1) is 22.9. The van der Waals surface area contributed by atoms with Crippen LogP contribution in [0, 0.1) is 61.4 Å². The molecule has 7 heteroatoms. The predicted octanol–water partition coefficient (Wildman–Crippen LogP) is 2.83. The van der Waals surface area contributed by atoms with Gasteiger partial charge in [0.25, 0.3) is 0 Å². The Bertz CT molecular complexity index is 562. The van der Waals surface area contributed by atoms with E-state index in [2.05, 4.69) is 13.1 Å². The molecular weight excluding hydrogens is 535 g/mol. The molecule has 128 valence electrons. The van der Waals surface area contributed by atoms with E-state index >= 15 is 0 Å². The van der Waals surface area contributed by atoms with Gasteiger partial charge >= 0.3 is 37.2 Å². The molecule has 1 amide bonds. The van der Waals surface area contributed by atoms with Crippen LogP contribution in [-0.2, 0) is 4.74 Å². The van der Waals surface area contributed by atoms with Crippen molar-refractivity contribution in [1.29, 1.82) is 5.26 Å². The third-order valence-corrected chi connectivity index (χ3v) is 2.94. The number of rotatable bonds is 0. The van der Waals surface area contributed by atoms with Gasteiger partial charge in [0.05, 0.1) is 0 Å². The number of carbonyl (C=O) groups is 1. The first-order valence-corrected chi connectivity index (χ1v) is 7.32. The zero-order chi connectivity index (χ0) is 17.5. The van der Waals surface area contributed by atoms with Gasteiger partial charge in [-0.15, -0.1) is 24.3 Å². The Labute approximate surface area is 167 Å². The summed E-state index contributed by atoms with van der Waals surface area (Å²) in [5.41, 5.74) is -0.434. The van der Waals surface area contributed by atoms with Crippen molar-refractivity contribution >= 4 is 6.09 Å². The molecule has 0 radical (unpaired) electrons. The molecule has 0 bridgehead atoms. The monoisotopic (exact) mass is 557 g/mol. The molecule has 1 aromatic carbocycles. The predicted molar refractivity (Wildman–Crippen MR) is 84.7 cm³/mol. The maximum Gasteiger partial charge on any atom is 2.00 e. The minimum absolute atomic E-state index is 0. The number of hydrogen-bond donors (Lipinski definition) is 0. The summed E-state index contributed by atoms with van der Waals surface area (Å²) in [5.74, 6) is -0.514. The summed E-state index contributed by atoms with van der Waals surface area (Å²) in [5, 5.41) is 8.20. The van der Waals surface area contributed by atoms with Crippen LogP contribution in [0.5, 0.6) is 0 Å². The summed E-state index contributed by atoms with van der Waals surface area (Å²) in [6, 6.07) is 8.34. The van der Waals surface area contributed by atoms with Gasteiger partial charge in [0.2, 0.25) is 0 Å². The molecule has 1 heterocycles. The van der Waals surface area contributed by atoms with Gasteiger partial charge in [-0.2, -0.15) is 0 Å². The van der Waals surface area contributed by atoms with E-state index < -0.39 is 11.4 Å². The van der Waals surface area contributed by atoms with Crippen LogP contribution in [0.1, 0.15) is 26.3 Å². The Kier molecular flexibility index (Phi) is 10.2. The van der Waals surface area contributed by atoms with Crippen molar-refractivity contribution in [3.8, 4) is 6.07 Å². The summed E-state index contributed by atoms with van der Waals surface area (Å²) in [7, 11) is 3.82. The number of amides is 1. The van der Waals surface area contributed by atoms with Gasteiger partial charge in [-0.05, 0) is 45.5 Å². The SMILES string of the molecule is N#Cc1[c-]cccc1F.[CH2-]N1CCN(C(=O)OC(C)(C)C)CC1.[U+2]. The van der Waals surface area contributed by atoms with Crippen molar-refractivity contribution in [2.24, 2.45) is 0 Å². The van der Waals surface area contributed by atoms with Crippen molar-refractivity contribution in [3.05, 3.63) is 42.7 Å². The third-order valence-electron chi connectivity index (χ3n) is 2.94. The molecule has 0 atom stereocenters. The average Bonchev–Trinajstić information content (AvgIpc) is 2.47. The molecule has 1 aliphatic rings. The summed E-state index contributed by atoms with van der Waals surface area (Å²) in [6.45, 7) is 8.68. The third kappa shape index (κ3) is 8.68. The average molecular weight is 557 g/mol. The van der Waals surface area contributed by atoms with Gasteiger partial charge in [0.1, 0.15) is 5.60 Å². The molecule has 1 aliphatic heterocycles. The first-order chi connectivity index (χ1) is 10.7. The number of hydrogen-bond acceptors (Lipinski definition) is 4. The van der Waals surface area contributed by atoms with Crippen LogP contribution in [0.15, 0.2) is 18.2 Å². The molecule has 24 heavy (non-hydrogen) atoms. The van der Waals surface area contributed by atoms with E-state index in [0.29, 0.717) is 13.1 Å². The van der Waals surface area contributed by atoms with Crippen LogP contribution in [-0.4, -0.2) is 47.7 Å². The number of benzene rings is 1. The Balaban J connectivity index is 0.000000460. The topological polar surface area (TPSA) is 56.6 Å². The fourth-order valence-corrected chi connectivity index (χ4v) is 1.76. The van der Waals surface area contributed by atoms with Crippen molar-refractivity contribution in [1.82, 2.24) is 9.80 Å². The van der Waals surface area contributed by atoms with E-state index in [0.717, 1.165) is 13.1 Å². The smallest absolute Gasteiger partial charge is 0.456 e. The molecule has 0 N–H and O–H groups in total. The molecule has 1 fully saturated rings.